The zero-order valence-electron chi connectivity index (χ0n) is 11.7. The van der Waals surface area contributed by atoms with Crippen LogP contribution in [0.4, 0.5) is 5.13 Å². The van der Waals surface area contributed by atoms with Crippen molar-refractivity contribution in [3.8, 4) is 0 Å². The van der Waals surface area contributed by atoms with Gasteiger partial charge in [0.25, 0.3) is 0 Å². The number of nitrogens with zero attached hydrogens (tertiary/aromatic N) is 3. The molecule has 1 aliphatic heterocycles. The number of amides is 2. The molecular formula is C15H11N3O3S. The minimum atomic E-state index is -0.236. The summed E-state index contributed by atoms with van der Waals surface area (Å²) in [6, 6.07) is 7.47. The molecule has 0 aliphatic carbocycles. The number of carbonyl (C=O) groups is 3. The highest BCUT2D eigenvalue weighted by molar-refractivity contribution is 7.22. The van der Waals surface area contributed by atoms with Crippen molar-refractivity contribution in [2.75, 3.05) is 4.90 Å². The van der Waals surface area contributed by atoms with Gasteiger partial charge >= 0.3 is 0 Å². The summed E-state index contributed by atoms with van der Waals surface area (Å²) in [5.74, 6) is -0.597. The lowest BCUT2D eigenvalue weighted by molar-refractivity contribution is -0.121. The van der Waals surface area contributed by atoms with E-state index in [9.17, 15) is 14.4 Å². The van der Waals surface area contributed by atoms with Gasteiger partial charge in [0.1, 0.15) is 10.3 Å². The average molecular weight is 313 g/mol. The summed E-state index contributed by atoms with van der Waals surface area (Å²) < 4.78 is 1.58. The zero-order valence-corrected chi connectivity index (χ0v) is 12.5. The quantitative estimate of drug-likeness (QED) is 0.647. The number of carbonyl (C=O) groups excluding carboxylic acids is 3. The molecule has 2 aromatic heterocycles. The van der Waals surface area contributed by atoms with E-state index in [1.54, 1.807) is 4.57 Å². The second kappa shape index (κ2) is 4.48. The number of fused-ring (bicyclic) bond motifs is 3. The third-order valence-electron chi connectivity index (χ3n) is 3.76. The van der Waals surface area contributed by atoms with Crippen molar-refractivity contribution in [3.05, 3.63) is 24.3 Å². The van der Waals surface area contributed by atoms with Crippen molar-refractivity contribution < 1.29 is 14.4 Å². The predicted octanol–water partition coefficient (Wildman–Crippen LogP) is 2.56. The normalized spacial score (nSPS) is 15.4. The van der Waals surface area contributed by atoms with Crippen LogP contribution in [0.5, 0.6) is 0 Å². The Kier molecular flexibility index (Phi) is 2.67. The second-order valence-electron chi connectivity index (χ2n) is 5.14. The standard InChI is InChI=1S/C15H11N3O3S/c1-8(19)17-10-5-3-2-4-9(10)13-14(17)22-15(16-13)18-11(20)6-7-12(18)21/h2-5H,6-7H2,1H3. The van der Waals surface area contributed by atoms with Gasteiger partial charge in [-0.3, -0.25) is 19.0 Å². The lowest BCUT2D eigenvalue weighted by Crippen LogP contribution is -2.28. The van der Waals surface area contributed by atoms with E-state index >= 15 is 0 Å². The van der Waals surface area contributed by atoms with Crippen LogP contribution in [0.2, 0.25) is 0 Å². The van der Waals surface area contributed by atoms with Crippen LogP contribution >= 0.6 is 11.3 Å². The molecule has 1 fully saturated rings. The SMILES string of the molecule is CC(=O)n1c2ccccc2c2nc(N3C(=O)CCC3=O)sc21. The number of aromatic nitrogens is 2. The number of para-hydroxylation sites is 1. The molecule has 22 heavy (non-hydrogen) atoms. The van der Waals surface area contributed by atoms with Crippen molar-refractivity contribution in [2.24, 2.45) is 0 Å². The summed E-state index contributed by atoms with van der Waals surface area (Å²) in [4.78, 5) is 42.0. The number of hydrogen-bond acceptors (Lipinski definition) is 5. The molecule has 3 heterocycles. The third-order valence-corrected chi connectivity index (χ3v) is 4.78. The van der Waals surface area contributed by atoms with Crippen molar-refractivity contribution in [2.45, 2.75) is 19.8 Å². The summed E-state index contributed by atoms with van der Waals surface area (Å²) in [5, 5.41) is 1.19. The summed E-state index contributed by atoms with van der Waals surface area (Å²) in [5.41, 5.74) is 1.44. The van der Waals surface area contributed by atoms with Crippen LogP contribution < -0.4 is 4.90 Å². The second-order valence-corrected chi connectivity index (χ2v) is 6.10. The van der Waals surface area contributed by atoms with Gasteiger partial charge < -0.3 is 0 Å². The molecule has 0 N–H and O–H groups in total. The Morgan fingerprint density at radius 1 is 1.18 bits per heavy atom. The number of rotatable bonds is 1. The van der Waals surface area contributed by atoms with Gasteiger partial charge in [-0.25, -0.2) is 9.88 Å². The molecule has 110 valence electrons. The Morgan fingerprint density at radius 3 is 2.55 bits per heavy atom. The molecule has 4 rings (SSSR count). The van der Waals surface area contributed by atoms with Crippen LogP contribution in [0.3, 0.4) is 0 Å². The molecule has 0 spiro atoms. The van der Waals surface area contributed by atoms with Crippen molar-refractivity contribution in [1.82, 2.24) is 9.55 Å². The van der Waals surface area contributed by atoms with Crippen LogP contribution in [-0.2, 0) is 9.59 Å². The van der Waals surface area contributed by atoms with Crippen molar-refractivity contribution in [3.63, 3.8) is 0 Å². The Morgan fingerprint density at radius 2 is 1.86 bits per heavy atom. The molecular weight excluding hydrogens is 302 g/mol. The number of anilines is 1. The average Bonchev–Trinajstić information content (AvgIpc) is 3.10. The fourth-order valence-corrected chi connectivity index (χ4v) is 3.98. The van der Waals surface area contributed by atoms with E-state index in [0.717, 1.165) is 15.8 Å². The number of hydrogen-bond donors (Lipinski definition) is 0. The maximum atomic E-state index is 12.0. The molecule has 0 saturated carbocycles. The van der Waals surface area contributed by atoms with Gasteiger partial charge in [-0.05, 0) is 6.07 Å². The van der Waals surface area contributed by atoms with E-state index in [1.807, 2.05) is 24.3 Å². The molecule has 0 radical (unpaired) electrons. The van der Waals surface area contributed by atoms with E-state index in [2.05, 4.69) is 4.98 Å². The molecule has 3 aromatic rings. The lowest BCUT2D eigenvalue weighted by Gasteiger charge is -2.08. The van der Waals surface area contributed by atoms with Gasteiger partial charge in [0.15, 0.2) is 0 Å². The third kappa shape index (κ3) is 1.66. The summed E-state index contributed by atoms with van der Waals surface area (Å²) in [6.07, 6.45) is 0.437. The number of imide groups is 1. The highest BCUT2D eigenvalue weighted by Gasteiger charge is 2.33. The molecule has 0 bridgehead atoms. The predicted molar refractivity (Wildman–Crippen MR) is 83.1 cm³/mol. The first-order valence-corrected chi connectivity index (χ1v) is 7.66. The molecule has 0 unspecified atom stereocenters. The fourth-order valence-electron chi connectivity index (χ4n) is 2.80. The van der Waals surface area contributed by atoms with Crippen LogP contribution in [0.15, 0.2) is 24.3 Å². The van der Waals surface area contributed by atoms with Gasteiger partial charge in [0.05, 0.1) is 5.52 Å². The van der Waals surface area contributed by atoms with Crippen molar-refractivity contribution >= 4 is 55.4 Å². The molecule has 6 nitrogen and oxygen atoms in total. The lowest BCUT2D eigenvalue weighted by atomic mass is 10.2. The van der Waals surface area contributed by atoms with Crippen LogP contribution in [0.25, 0.3) is 21.3 Å². The smallest absolute Gasteiger partial charge is 0.236 e. The van der Waals surface area contributed by atoms with Crippen LogP contribution in [-0.4, -0.2) is 27.3 Å². The molecule has 2 amide bonds. The number of thiazole rings is 1. The monoisotopic (exact) mass is 313 g/mol. The van der Waals surface area contributed by atoms with Gasteiger partial charge in [-0.15, -0.1) is 0 Å². The highest BCUT2D eigenvalue weighted by atomic mass is 32.1. The number of benzene rings is 1. The summed E-state index contributed by atoms with van der Waals surface area (Å²) >= 11 is 1.20. The minimum Gasteiger partial charge on any atom is -0.274 e. The summed E-state index contributed by atoms with van der Waals surface area (Å²) in [6.45, 7) is 1.48. The minimum absolute atomic E-state index is 0.125. The van der Waals surface area contributed by atoms with Gasteiger partial charge in [0, 0.05) is 25.2 Å². The highest BCUT2D eigenvalue weighted by Crippen LogP contribution is 2.37. The molecule has 7 heteroatoms. The van der Waals surface area contributed by atoms with Gasteiger partial charge in [-0.1, -0.05) is 29.5 Å². The van der Waals surface area contributed by atoms with Crippen LogP contribution in [0, 0.1) is 0 Å². The largest absolute Gasteiger partial charge is 0.274 e. The Hall–Kier alpha value is -2.54. The van der Waals surface area contributed by atoms with Gasteiger partial charge in [-0.2, -0.15) is 0 Å². The first-order valence-electron chi connectivity index (χ1n) is 6.84. The van der Waals surface area contributed by atoms with E-state index in [-0.39, 0.29) is 30.6 Å². The Bertz CT molecular complexity index is 953. The maximum absolute atomic E-state index is 12.0. The van der Waals surface area contributed by atoms with E-state index in [0.29, 0.717) is 15.5 Å². The van der Waals surface area contributed by atoms with Crippen molar-refractivity contribution in [1.29, 1.82) is 0 Å². The first kappa shape index (κ1) is 13.1. The summed E-state index contributed by atoms with van der Waals surface area (Å²) in [7, 11) is 0. The fraction of sp³-hybridized carbons (Fsp3) is 0.200. The molecule has 1 saturated heterocycles. The first-order chi connectivity index (χ1) is 10.6. The van der Waals surface area contributed by atoms with Crippen LogP contribution in [0.1, 0.15) is 24.6 Å². The molecule has 1 aliphatic rings. The molecule has 0 atom stereocenters. The maximum Gasteiger partial charge on any atom is 0.236 e. The Balaban J connectivity index is 2.02. The zero-order chi connectivity index (χ0) is 15.4. The van der Waals surface area contributed by atoms with E-state index in [1.165, 1.54) is 18.3 Å². The topological polar surface area (TPSA) is 72.3 Å². The van der Waals surface area contributed by atoms with E-state index in [4.69, 9.17) is 0 Å². The molecule has 1 aromatic carbocycles. The van der Waals surface area contributed by atoms with Gasteiger partial charge in [0.2, 0.25) is 22.9 Å². The Labute approximate surface area is 129 Å². The van der Waals surface area contributed by atoms with E-state index < -0.39 is 0 Å².